The molecule has 1 atom stereocenters. The van der Waals surface area contributed by atoms with Gasteiger partial charge >= 0.3 is 0 Å². The van der Waals surface area contributed by atoms with Crippen molar-refractivity contribution in [3.63, 3.8) is 0 Å². The van der Waals surface area contributed by atoms with Crippen LogP contribution in [0.2, 0.25) is 0 Å². The maximum absolute atomic E-state index is 11.3. The van der Waals surface area contributed by atoms with E-state index in [-0.39, 0.29) is 12.3 Å². The quantitative estimate of drug-likeness (QED) is 0.262. The van der Waals surface area contributed by atoms with Crippen LogP contribution in [0.5, 0.6) is 5.88 Å². The molecule has 10 heteroatoms. The molecule has 0 radical (unpaired) electrons. The van der Waals surface area contributed by atoms with E-state index >= 15 is 0 Å². The monoisotopic (exact) mass is 471 g/mol. The third-order valence-electron chi connectivity index (χ3n) is 5.15. The zero-order valence-corrected chi connectivity index (χ0v) is 18.7. The molecule has 8 nitrogen and oxygen atoms in total. The number of para-hydroxylation sites is 2. The van der Waals surface area contributed by atoms with E-state index in [9.17, 15) is 18.1 Å². The Balaban J connectivity index is 1.60. The molecule has 0 fully saturated rings. The Kier molecular flexibility index (Phi) is 6.00. The molecule has 32 heavy (non-hydrogen) atoms. The van der Waals surface area contributed by atoms with Crippen molar-refractivity contribution in [3.8, 4) is 11.6 Å². The highest BCUT2D eigenvalue weighted by Gasteiger charge is 2.18. The van der Waals surface area contributed by atoms with Crippen LogP contribution in [0, 0.1) is 4.77 Å². The number of hydrogen-bond donors (Lipinski definition) is 3. The lowest BCUT2D eigenvalue weighted by Crippen LogP contribution is -2.17. The smallest absolute Gasteiger partial charge is 0.267 e. The lowest BCUT2D eigenvalue weighted by Gasteiger charge is -2.07. The lowest BCUT2D eigenvalue weighted by atomic mass is 10.1. The van der Waals surface area contributed by atoms with E-state index in [1.807, 2.05) is 36.4 Å². The van der Waals surface area contributed by atoms with Gasteiger partial charge in [0.25, 0.3) is 10.1 Å². The second-order valence-corrected chi connectivity index (χ2v) is 9.57. The summed E-state index contributed by atoms with van der Waals surface area (Å²) in [5, 5.41) is 9.73. The van der Waals surface area contributed by atoms with Gasteiger partial charge < -0.3 is 14.5 Å². The molecule has 0 saturated carbocycles. The number of aromatic hydroxyl groups is 1. The largest absolute Gasteiger partial charge is 0.493 e. The van der Waals surface area contributed by atoms with E-state index in [4.69, 9.17) is 16.6 Å². The highest BCUT2D eigenvalue weighted by Crippen LogP contribution is 2.26. The SMILES string of the molecule is CC(CCc1cccc2oc(C=Cc3[nH]c(=S)n(-c4ccccc4)c3O)nc12)S(=O)(=O)O. The van der Waals surface area contributed by atoms with Crippen molar-refractivity contribution in [1.29, 1.82) is 0 Å². The van der Waals surface area contributed by atoms with E-state index in [1.54, 1.807) is 24.3 Å². The maximum Gasteiger partial charge on any atom is 0.267 e. The van der Waals surface area contributed by atoms with Gasteiger partial charge in [-0.2, -0.15) is 8.42 Å². The van der Waals surface area contributed by atoms with Crippen LogP contribution >= 0.6 is 12.2 Å². The van der Waals surface area contributed by atoms with Gasteiger partial charge in [0, 0.05) is 6.08 Å². The van der Waals surface area contributed by atoms with Crippen molar-refractivity contribution in [2.75, 3.05) is 0 Å². The number of benzene rings is 2. The van der Waals surface area contributed by atoms with Gasteiger partial charge in [0.15, 0.2) is 10.4 Å². The van der Waals surface area contributed by atoms with Crippen LogP contribution in [-0.2, 0) is 16.5 Å². The number of aromatic nitrogens is 3. The Bertz CT molecular complexity index is 1450. The first kappa shape index (κ1) is 22.0. The van der Waals surface area contributed by atoms with Crippen molar-refractivity contribution in [2.24, 2.45) is 0 Å². The zero-order valence-electron chi connectivity index (χ0n) is 17.1. The molecule has 166 valence electrons. The molecule has 2 aromatic heterocycles. The van der Waals surface area contributed by atoms with Gasteiger partial charge in [0.2, 0.25) is 11.8 Å². The number of aryl methyl sites for hydroxylation is 1. The number of oxazole rings is 1. The van der Waals surface area contributed by atoms with E-state index < -0.39 is 15.4 Å². The number of aromatic amines is 1. The minimum atomic E-state index is -4.08. The molecule has 0 aliphatic heterocycles. The van der Waals surface area contributed by atoms with Crippen molar-refractivity contribution >= 4 is 45.6 Å². The van der Waals surface area contributed by atoms with Gasteiger partial charge in [-0.25, -0.2) is 4.98 Å². The predicted octanol–water partition coefficient (Wildman–Crippen LogP) is 4.76. The Morgan fingerprint density at radius 2 is 1.94 bits per heavy atom. The van der Waals surface area contributed by atoms with Gasteiger partial charge in [-0.05, 0) is 61.8 Å². The summed E-state index contributed by atoms with van der Waals surface area (Å²) in [5.41, 5.74) is 3.13. The summed E-state index contributed by atoms with van der Waals surface area (Å²) in [6, 6.07) is 14.7. The summed E-state index contributed by atoms with van der Waals surface area (Å²) in [6.07, 6.45) is 3.91. The first-order chi connectivity index (χ1) is 15.2. The predicted molar refractivity (Wildman–Crippen MR) is 125 cm³/mol. The summed E-state index contributed by atoms with van der Waals surface area (Å²) in [7, 11) is -4.08. The van der Waals surface area contributed by atoms with Gasteiger partial charge in [0.05, 0.1) is 10.9 Å². The Labute approximate surface area is 189 Å². The summed E-state index contributed by atoms with van der Waals surface area (Å²) >= 11 is 5.33. The zero-order chi connectivity index (χ0) is 22.9. The fraction of sp³-hybridized carbons (Fsp3) is 0.182. The third-order valence-corrected chi connectivity index (χ3v) is 6.69. The number of rotatable bonds is 7. The molecule has 3 N–H and O–H groups in total. The highest BCUT2D eigenvalue weighted by atomic mass is 32.2. The van der Waals surface area contributed by atoms with Crippen molar-refractivity contribution in [3.05, 3.63) is 70.5 Å². The van der Waals surface area contributed by atoms with Crippen LogP contribution in [-0.4, -0.2) is 37.9 Å². The van der Waals surface area contributed by atoms with Gasteiger partial charge in [-0.3, -0.25) is 9.12 Å². The van der Waals surface area contributed by atoms with Crippen LogP contribution in [0.3, 0.4) is 0 Å². The minimum absolute atomic E-state index is 0.0338. The Morgan fingerprint density at radius 3 is 2.66 bits per heavy atom. The molecule has 0 saturated heterocycles. The van der Waals surface area contributed by atoms with Crippen LogP contribution in [0.4, 0.5) is 0 Å². The Hall–Kier alpha value is -3.21. The average molecular weight is 472 g/mol. The van der Waals surface area contributed by atoms with Gasteiger partial charge in [-0.15, -0.1) is 0 Å². The maximum atomic E-state index is 11.3. The van der Waals surface area contributed by atoms with Gasteiger partial charge in [0.1, 0.15) is 11.2 Å². The number of nitrogens with one attached hydrogen (secondary N) is 1. The molecule has 4 aromatic rings. The molecule has 2 aromatic carbocycles. The molecule has 4 rings (SSSR count). The van der Waals surface area contributed by atoms with Crippen LogP contribution in [0.25, 0.3) is 28.9 Å². The standard InChI is InChI=1S/C22H21N3O5S2/c1-14(32(27,28)29)10-11-15-6-5-9-18-20(15)24-19(30-18)13-12-17-21(26)25(22(31)23-17)16-7-3-2-4-8-16/h2-9,12-14,26H,10-11H2,1H3,(H,23,31)(H,27,28,29). The summed E-state index contributed by atoms with van der Waals surface area (Å²) in [4.78, 5) is 7.46. The molecule has 2 heterocycles. The Morgan fingerprint density at radius 1 is 1.19 bits per heavy atom. The van der Waals surface area contributed by atoms with E-state index in [0.717, 1.165) is 11.3 Å². The second kappa shape index (κ2) is 8.73. The fourth-order valence-corrected chi connectivity index (χ4v) is 4.05. The first-order valence-electron chi connectivity index (χ1n) is 9.86. The normalized spacial score (nSPS) is 13.2. The molecule has 0 bridgehead atoms. The van der Waals surface area contributed by atoms with Crippen LogP contribution in [0.15, 0.2) is 52.9 Å². The average Bonchev–Trinajstić information content (AvgIpc) is 3.30. The topological polar surface area (TPSA) is 121 Å². The summed E-state index contributed by atoms with van der Waals surface area (Å²) in [6.45, 7) is 1.46. The van der Waals surface area contributed by atoms with Crippen molar-refractivity contribution < 1.29 is 22.5 Å². The van der Waals surface area contributed by atoms with Crippen molar-refractivity contribution in [2.45, 2.75) is 25.0 Å². The summed E-state index contributed by atoms with van der Waals surface area (Å²) < 4.78 is 39.3. The van der Waals surface area contributed by atoms with E-state index in [0.29, 0.717) is 33.9 Å². The molecule has 1 unspecified atom stereocenters. The number of fused-ring (bicyclic) bond motifs is 1. The molecule has 0 amide bonds. The second-order valence-electron chi connectivity index (χ2n) is 7.35. The highest BCUT2D eigenvalue weighted by molar-refractivity contribution is 7.86. The molecular weight excluding hydrogens is 450 g/mol. The van der Waals surface area contributed by atoms with E-state index in [1.165, 1.54) is 11.5 Å². The number of imidazole rings is 1. The number of hydrogen-bond acceptors (Lipinski definition) is 6. The first-order valence-corrected chi connectivity index (χ1v) is 11.8. The van der Waals surface area contributed by atoms with Gasteiger partial charge in [-0.1, -0.05) is 30.3 Å². The van der Waals surface area contributed by atoms with Crippen LogP contribution < -0.4 is 0 Å². The third kappa shape index (κ3) is 4.52. The summed E-state index contributed by atoms with van der Waals surface area (Å²) in [5.74, 6) is 0.287. The van der Waals surface area contributed by atoms with E-state index in [2.05, 4.69) is 9.97 Å². The number of nitrogens with zero attached hydrogens (tertiary/aromatic N) is 2. The molecule has 0 aliphatic carbocycles. The lowest BCUT2D eigenvalue weighted by molar-refractivity contribution is 0.441. The van der Waals surface area contributed by atoms with Crippen LogP contribution in [0.1, 0.15) is 30.5 Å². The molecular formula is C22H21N3O5S2. The molecule has 0 spiro atoms. The minimum Gasteiger partial charge on any atom is -0.493 e. The van der Waals surface area contributed by atoms with Crippen molar-refractivity contribution in [1.82, 2.24) is 14.5 Å². The molecule has 0 aliphatic rings. The fourth-order valence-electron chi connectivity index (χ4n) is 3.33. The number of H-pyrrole nitrogens is 1.